The van der Waals surface area contributed by atoms with Crippen LogP contribution in [0.25, 0.3) is 11.3 Å². The fourth-order valence-corrected chi connectivity index (χ4v) is 4.19. The summed E-state index contributed by atoms with van der Waals surface area (Å²) in [5.74, 6) is 0.518. The lowest BCUT2D eigenvalue weighted by molar-refractivity contribution is 0.0955. The molecule has 3 aromatic carbocycles. The molecule has 0 saturated carbocycles. The zero-order valence-electron chi connectivity index (χ0n) is 18.4. The van der Waals surface area contributed by atoms with Crippen LogP contribution in [0.5, 0.6) is 5.75 Å². The van der Waals surface area contributed by atoms with Crippen molar-refractivity contribution in [3.05, 3.63) is 102 Å². The number of nitrogens with zero attached hydrogens (tertiary/aromatic N) is 1. The first-order chi connectivity index (χ1) is 16.8. The van der Waals surface area contributed by atoms with Gasteiger partial charge < -0.3 is 9.15 Å². The van der Waals surface area contributed by atoms with Gasteiger partial charge in [0, 0.05) is 16.8 Å². The van der Waals surface area contributed by atoms with Crippen LogP contribution in [-0.4, -0.2) is 27.6 Å². The number of furan rings is 1. The molecule has 0 fully saturated rings. The monoisotopic (exact) mass is 493 g/mol. The molecule has 35 heavy (non-hydrogen) atoms. The van der Waals surface area contributed by atoms with E-state index in [0.717, 1.165) is 0 Å². The molecule has 4 rings (SSSR count). The molecule has 0 unspecified atom stereocenters. The molecule has 1 heterocycles. The summed E-state index contributed by atoms with van der Waals surface area (Å²) in [5.41, 5.74) is 3.48. The van der Waals surface area contributed by atoms with E-state index >= 15 is 0 Å². The minimum Gasteiger partial charge on any atom is -0.497 e. The summed E-state index contributed by atoms with van der Waals surface area (Å²) < 4.78 is 51.7. The van der Waals surface area contributed by atoms with Crippen molar-refractivity contribution in [1.29, 1.82) is 0 Å². The molecule has 178 valence electrons. The Morgan fingerprint density at radius 3 is 2.46 bits per heavy atom. The molecule has 2 N–H and O–H groups in total. The predicted molar refractivity (Wildman–Crippen MR) is 129 cm³/mol. The minimum atomic E-state index is -3.93. The zero-order valence-corrected chi connectivity index (χ0v) is 19.3. The number of hydrogen-bond donors (Lipinski definition) is 2. The van der Waals surface area contributed by atoms with E-state index in [4.69, 9.17) is 9.15 Å². The number of hydrogen-bond acceptors (Lipinski definition) is 6. The number of methoxy groups -OCH3 is 1. The van der Waals surface area contributed by atoms with Crippen LogP contribution in [0.2, 0.25) is 0 Å². The third kappa shape index (κ3) is 5.92. The molecule has 0 aliphatic rings. The molecule has 4 aromatic rings. The average Bonchev–Trinajstić information content (AvgIpc) is 3.33. The number of nitrogens with one attached hydrogen (secondary N) is 2. The van der Waals surface area contributed by atoms with Crippen LogP contribution in [0, 0.1) is 5.82 Å². The Bertz CT molecular complexity index is 1460. The fraction of sp³-hybridized carbons (Fsp3) is 0.0400. The van der Waals surface area contributed by atoms with E-state index < -0.39 is 15.9 Å². The van der Waals surface area contributed by atoms with E-state index in [-0.39, 0.29) is 16.3 Å². The third-order valence-electron chi connectivity index (χ3n) is 4.86. The van der Waals surface area contributed by atoms with Crippen LogP contribution in [-0.2, 0) is 10.0 Å². The van der Waals surface area contributed by atoms with Crippen LogP contribution < -0.4 is 14.9 Å². The number of amides is 1. The van der Waals surface area contributed by atoms with E-state index in [1.807, 2.05) is 0 Å². The number of hydrazone groups is 1. The van der Waals surface area contributed by atoms with Crippen molar-refractivity contribution in [2.75, 3.05) is 11.8 Å². The number of ether oxygens (including phenoxy) is 1. The Kier molecular flexibility index (Phi) is 6.93. The summed E-state index contributed by atoms with van der Waals surface area (Å²) in [6, 6.07) is 21.1. The maximum Gasteiger partial charge on any atom is 0.271 e. The normalized spacial score (nSPS) is 11.4. The SMILES string of the molecule is COc1ccc(NS(=O)(=O)c2cccc(C(=O)NN=Cc3ccc(-c4ccc(F)cc4)o3)c2)cc1. The van der Waals surface area contributed by atoms with Crippen LogP contribution in [0.15, 0.2) is 99.3 Å². The first kappa shape index (κ1) is 23.7. The first-order valence-corrected chi connectivity index (χ1v) is 11.8. The number of rotatable bonds is 8. The van der Waals surface area contributed by atoms with Gasteiger partial charge in [-0.05, 0) is 78.9 Å². The highest BCUT2D eigenvalue weighted by Gasteiger charge is 2.16. The molecule has 1 aromatic heterocycles. The summed E-state index contributed by atoms with van der Waals surface area (Å²) in [6.45, 7) is 0. The molecule has 1 amide bonds. The molecule has 0 saturated heterocycles. The van der Waals surface area contributed by atoms with Gasteiger partial charge in [-0.3, -0.25) is 9.52 Å². The second-order valence-electron chi connectivity index (χ2n) is 7.27. The standard InChI is InChI=1S/C25H20FN3O5S/c1-33-21-11-9-20(10-12-21)29-35(31,32)23-4-2-3-18(15-23)25(30)28-27-16-22-13-14-24(34-22)17-5-7-19(26)8-6-17/h2-16,29H,1H3,(H,28,30). The predicted octanol–water partition coefficient (Wildman–Crippen LogP) is 4.66. The molecule has 0 atom stereocenters. The zero-order chi connectivity index (χ0) is 24.8. The first-order valence-electron chi connectivity index (χ1n) is 10.3. The Hall–Kier alpha value is -4.44. The van der Waals surface area contributed by atoms with Crippen LogP contribution in [0.3, 0.4) is 0 Å². The van der Waals surface area contributed by atoms with Gasteiger partial charge in [-0.15, -0.1) is 0 Å². The average molecular weight is 494 g/mol. The van der Waals surface area contributed by atoms with E-state index in [9.17, 15) is 17.6 Å². The van der Waals surface area contributed by atoms with Gasteiger partial charge in [0.2, 0.25) is 0 Å². The van der Waals surface area contributed by atoms with E-state index in [0.29, 0.717) is 28.5 Å². The minimum absolute atomic E-state index is 0.0834. The lowest BCUT2D eigenvalue weighted by atomic mass is 10.2. The number of carbonyl (C=O) groups excluding carboxylic acids is 1. The molecule has 10 heteroatoms. The highest BCUT2D eigenvalue weighted by Crippen LogP contribution is 2.22. The summed E-state index contributed by atoms with van der Waals surface area (Å²) in [5, 5.41) is 3.86. The van der Waals surface area contributed by atoms with Crippen molar-refractivity contribution in [2.24, 2.45) is 5.10 Å². The summed E-state index contributed by atoms with van der Waals surface area (Å²) in [7, 11) is -2.41. The van der Waals surface area contributed by atoms with Crippen LogP contribution >= 0.6 is 0 Å². The topological polar surface area (TPSA) is 110 Å². The second kappa shape index (κ2) is 10.2. The number of anilines is 1. The van der Waals surface area contributed by atoms with Gasteiger partial charge >= 0.3 is 0 Å². The molecule has 0 radical (unpaired) electrons. The maximum absolute atomic E-state index is 13.1. The van der Waals surface area contributed by atoms with E-state index in [2.05, 4.69) is 15.2 Å². The van der Waals surface area contributed by atoms with E-state index in [1.165, 1.54) is 49.7 Å². The summed E-state index contributed by atoms with van der Waals surface area (Å²) in [6.07, 6.45) is 1.30. The molecule has 0 bridgehead atoms. The van der Waals surface area contributed by atoms with Gasteiger partial charge in [0.1, 0.15) is 23.1 Å². The van der Waals surface area contributed by atoms with Crippen molar-refractivity contribution in [1.82, 2.24) is 5.43 Å². The second-order valence-corrected chi connectivity index (χ2v) is 8.95. The molecule has 0 spiro atoms. The number of carbonyl (C=O) groups is 1. The third-order valence-corrected chi connectivity index (χ3v) is 6.24. The smallest absolute Gasteiger partial charge is 0.271 e. The summed E-state index contributed by atoms with van der Waals surface area (Å²) >= 11 is 0. The van der Waals surface area contributed by atoms with E-state index in [1.54, 1.807) is 48.5 Å². The Morgan fingerprint density at radius 2 is 1.74 bits per heavy atom. The van der Waals surface area contributed by atoms with Crippen molar-refractivity contribution in [2.45, 2.75) is 4.90 Å². The fourth-order valence-electron chi connectivity index (χ4n) is 3.09. The Labute approximate surface area is 201 Å². The molecular formula is C25H20FN3O5S. The lowest BCUT2D eigenvalue weighted by Crippen LogP contribution is -2.19. The van der Waals surface area contributed by atoms with Crippen molar-refractivity contribution in [3.8, 4) is 17.1 Å². The van der Waals surface area contributed by atoms with Gasteiger partial charge in [-0.2, -0.15) is 5.10 Å². The van der Waals surface area contributed by atoms with Crippen molar-refractivity contribution in [3.63, 3.8) is 0 Å². The largest absolute Gasteiger partial charge is 0.497 e. The number of halogens is 1. The van der Waals surface area contributed by atoms with Gasteiger partial charge in [0.25, 0.3) is 15.9 Å². The quantitative estimate of drug-likeness (QED) is 0.274. The number of sulfonamides is 1. The Morgan fingerprint density at radius 1 is 1.00 bits per heavy atom. The summed E-state index contributed by atoms with van der Waals surface area (Å²) in [4.78, 5) is 12.4. The van der Waals surface area contributed by atoms with Crippen molar-refractivity contribution < 1.29 is 26.8 Å². The van der Waals surface area contributed by atoms with Crippen molar-refractivity contribution >= 4 is 27.8 Å². The molecular weight excluding hydrogens is 473 g/mol. The molecule has 0 aliphatic heterocycles. The van der Waals surface area contributed by atoms with Gasteiger partial charge in [0.05, 0.1) is 18.2 Å². The highest BCUT2D eigenvalue weighted by molar-refractivity contribution is 7.92. The molecule has 8 nitrogen and oxygen atoms in total. The van der Waals surface area contributed by atoms with Gasteiger partial charge in [-0.1, -0.05) is 6.07 Å². The highest BCUT2D eigenvalue weighted by atomic mass is 32.2. The van der Waals surface area contributed by atoms with Gasteiger partial charge in [0.15, 0.2) is 0 Å². The number of benzene rings is 3. The maximum atomic E-state index is 13.1. The van der Waals surface area contributed by atoms with Crippen LogP contribution in [0.1, 0.15) is 16.1 Å². The van der Waals surface area contributed by atoms with Crippen LogP contribution in [0.4, 0.5) is 10.1 Å². The lowest BCUT2D eigenvalue weighted by Gasteiger charge is -2.09. The molecule has 0 aliphatic carbocycles. The van der Waals surface area contributed by atoms with Gasteiger partial charge in [-0.25, -0.2) is 18.2 Å². The Balaban J connectivity index is 1.41.